The van der Waals surface area contributed by atoms with E-state index < -0.39 is 0 Å². The van der Waals surface area contributed by atoms with Crippen molar-refractivity contribution in [3.63, 3.8) is 0 Å². The van der Waals surface area contributed by atoms with Crippen LogP contribution in [0.3, 0.4) is 0 Å². The van der Waals surface area contributed by atoms with Crippen LogP contribution in [-0.2, 0) is 16.0 Å². The molecule has 0 radical (unpaired) electrons. The predicted octanol–water partition coefficient (Wildman–Crippen LogP) is 1.95. The molecule has 1 amide bonds. The molecule has 1 unspecified atom stereocenters. The summed E-state index contributed by atoms with van der Waals surface area (Å²) in [5.41, 5.74) is 2.57. The van der Waals surface area contributed by atoms with Crippen molar-refractivity contribution >= 4 is 23.4 Å². The fourth-order valence-corrected chi connectivity index (χ4v) is 2.22. The number of carbonyl (C=O) groups is 1. The van der Waals surface area contributed by atoms with Gasteiger partial charge in [0, 0.05) is 18.7 Å². The van der Waals surface area contributed by atoms with Crippen LogP contribution in [0.5, 0.6) is 0 Å². The van der Waals surface area contributed by atoms with Crippen molar-refractivity contribution < 1.29 is 9.59 Å². The summed E-state index contributed by atoms with van der Waals surface area (Å²) < 4.78 is 0. The number of amides is 1. The van der Waals surface area contributed by atoms with Gasteiger partial charge < -0.3 is 4.90 Å². The Morgan fingerprint density at radius 3 is 2.94 bits per heavy atom. The lowest BCUT2D eigenvalue weighted by atomic mass is 10.1. The number of aliphatic imine (C=N–C) groups is 1. The fraction of sp³-hybridized carbons (Fsp3) is 0.333. The monoisotopic (exact) mass is 216 g/mol. The zero-order valence-corrected chi connectivity index (χ0v) is 9.23. The van der Waals surface area contributed by atoms with Crippen LogP contribution in [0.1, 0.15) is 19.4 Å². The highest BCUT2D eigenvalue weighted by Crippen LogP contribution is 2.34. The molecule has 4 nitrogen and oxygen atoms in total. The lowest BCUT2D eigenvalue weighted by Gasteiger charge is -2.20. The molecule has 0 saturated heterocycles. The van der Waals surface area contributed by atoms with Crippen LogP contribution >= 0.6 is 0 Å². The topological polar surface area (TPSA) is 49.7 Å². The standard InChI is InChI=1S/C12H12N2O2/c1-8-5-10-6-11(13-7-15)3-4-12(10)14(8)9(2)16/h3-4,6,8H,5H2,1-2H3. The number of rotatable bonds is 1. The van der Waals surface area contributed by atoms with Crippen molar-refractivity contribution in [1.29, 1.82) is 0 Å². The fourth-order valence-electron chi connectivity index (χ4n) is 2.22. The summed E-state index contributed by atoms with van der Waals surface area (Å²) >= 11 is 0. The number of isocyanates is 1. The van der Waals surface area contributed by atoms with Crippen molar-refractivity contribution in [1.82, 2.24) is 0 Å². The summed E-state index contributed by atoms with van der Waals surface area (Å²) in [5.74, 6) is 0.0397. The second kappa shape index (κ2) is 3.91. The van der Waals surface area contributed by atoms with E-state index in [1.807, 2.05) is 19.1 Å². The Labute approximate surface area is 93.6 Å². The number of hydrogen-bond donors (Lipinski definition) is 0. The normalized spacial score (nSPS) is 17.9. The second-order valence-electron chi connectivity index (χ2n) is 3.96. The summed E-state index contributed by atoms with van der Waals surface area (Å²) in [4.78, 5) is 27.0. The van der Waals surface area contributed by atoms with E-state index in [0.717, 1.165) is 17.7 Å². The van der Waals surface area contributed by atoms with E-state index in [2.05, 4.69) is 4.99 Å². The van der Waals surface area contributed by atoms with E-state index in [-0.39, 0.29) is 11.9 Å². The third-order valence-corrected chi connectivity index (χ3v) is 2.79. The van der Waals surface area contributed by atoms with Crippen molar-refractivity contribution in [3.05, 3.63) is 23.8 Å². The van der Waals surface area contributed by atoms with Gasteiger partial charge in [-0.25, -0.2) is 4.79 Å². The molecule has 0 bridgehead atoms. The smallest absolute Gasteiger partial charge is 0.240 e. The van der Waals surface area contributed by atoms with E-state index in [1.54, 1.807) is 17.9 Å². The zero-order valence-electron chi connectivity index (χ0n) is 9.23. The minimum absolute atomic E-state index is 0.0397. The van der Waals surface area contributed by atoms with Crippen LogP contribution in [-0.4, -0.2) is 18.0 Å². The van der Waals surface area contributed by atoms with Crippen LogP contribution in [0.15, 0.2) is 23.2 Å². The minimum atomic E-state index is 0.0397. The lowest BCUT2D eigenvalue weighted by Crippen LogP contribution is -2.33. The molecule has 0 spiro atoms. The zero-order chi connectivity index (χ0) is 11.7. The summed E-state index contributed by atoms with van der Waals surface area (Å²) in [7, 11) is 0. The number of benzene rings is 1. The van der Waals surface area contributed by atoms with Crippen LogP contribution < -0.4 is 4.90 Å². The molecule has 1 aliphatic rings. The minimum Gasteiger partial charge on any atom is -0.309 e. The molecule has 1 aliphatic heterocycles. The second-order valence-corrected chi connectivity index (χ2v) is 3.96. The van der Waals surface area contributed by atoms with Gasteiger partial charge in [0.05, 0.1) is 5.69 Å². The van der Waals surface area contributed by atoms with Gasteiger partial charge in [-0.05, 0) is 37.1 Å². The molecule has 82 valence electrons. The number of hydrogen-bond acceptors (Lipinski definition) is 3. The van der Waals surface area contributed by atoms with E-state index in [1.165, 1.54) is 6.08 Å². The first-order valence-electron chi connectivity index (χ1n) is 5.14. The summed E-state index contributed by atoms with van der Waals surface area (Å²) in [6.45, 7) is 3.56. The third kappa shape index (κ3) is 1.64. The third-order valence-electron chi connectivity index (χ3n) is 2.79. The molecular formula is C12H12N2O2. The molecule has 0 N–H and O–H groups in total. The Bertz CT molecular complexity index is 490. The molecule has 0 aliphatic carbocycles. The van der Waals surface area contributed by atoms with Gasteiger partial charge in [-0.2, -0.15) is 4.99 Å². The molecule has 1 atom stereocenters. The van der Waals surface area contributed by atoms with Gasteiger partial charge in [0.1, 0.15) is 0 Å². The lowest BCUT2D eigenvalue weighted by molar-refractivity contribution is -0.116. The van der Waals surface area contributed by atoms with E-state index in [0.29, 0.717) is 5.69 Å². The number of nitrogens with zero attached hydrogens (tertiary/aromatic N) is 2. The summed E-state index contributed by atoms with van der Waals surface area (Å²) in [6.07, 6.45) is 2.32. The first kappa shape index (κ1) is 10.6. The van der Waals surface area contributed by atoms with E-state index >= 15 is 0 Å². The Morgan fingerprint density at radius 1 is 1.56 bits per heavy atom. The van der Waals surface area contributed by atoms with Crippen LogP contribution in [0, 0.1) is 0 Å². The van der Waals surface area contributed by atoms with Crippen molar-refractivity contribution in [2.75, 3.05) is 4.90 Å². The molecule has 1 aromatic rings. The van der Waals surface area contributed by atoms with Crippen molar-refractivity contribution in [2.24, 2.45) is 4.99 Å². The largest absolute Gasteiger partial charge is 0.309 e. The molecule has 1 heterocycles. The highest BCUT2D eigenvalue weighted by atomic mass is 16.2. The van der Waals surface area contributed by atoms with Gasteiger partial charge in [-0.3, -0.25) is 4.79 Å². The Balaban J connectivity index is 2.46. The Hall–Kier alpha value is -1.93. The van der Waals surface area contributed by atoms with E-state index in [9.17, 15) is 9.59 Å². The first-order valence-corrected chi connectivity index (χ1v) is 5.14. The highest BCUT2D eigenvalue weighted by molar-refractivity contribution is 5.94. The number of anilines is 1. The van der Waals surface area contributed by atoms with Crippen molar-refractivity contribution in [2.45, 2.75) is 26.3 Å². The maximum Gasteiger partial charge on any atom is 0.240 e. The molecule has 0 fully saturated rings. The molecule has 2 rings (SSSR count). The quantitative estimate of drug-likeness (QED) is 0.532. The molecular weight excluding hydrogens is 204 g/mol. The van der Waals surface area contributed by atoms with Crippen molar-refractivity contribution in [3.8, 4) is 0 Å². The maximum absolute atomic E-state index is 11.5. The van der Waals surface area contributed by atoms with Gasteiger partial charge in [0.2, 0.25) is 12.0 Å². The Kier molecular flexibility index (Phi) is 2.59. The average Bonchev–Trinajstić information content (AvgIpc) is 2.53. The summed E-state index contributed by atoms with van der Waals surface area (Å²) in [6, 6.07) is 5.55. The summed E-state index contributed by atoms with van der Waals surface area (Å²) in [5, 5.41) is 0. The Morgan fingerprint density at radius 2 is 2.31 bits per heavy atom. The molecule has 0 aromatic heterocycles. The van der Waals surface area contributed by atoms with Gasteiger partial charge >= 0.3 is 0 Å². The molecule has 1 aromatic carbocycles. The van der Waals surface area contributed by atoms with Gasteiger partial charge in [0.15, 0.2) is 0 Å². The molecule has 0 saturated carbocycles. The van der Waals surface area contributed by atoms with Crippen LogP contribution in [0.25, 0.3) is 0 Å². The van der Waals surface area contributed by atoms with E-state index in [4.69, 9.17) is 0 Å². The van der Waals surface area contributed by atoms with Gasteiger partial charge in [0.25, 0.3) is 0 Å². The van der Waals surface area contributed by atoms with Crippen LogP contribution in [0.2, 0.25) is 0 Å². The maximum atomic E-state index is 11.5. The number of fused-ring (bicyclic) bond motifs is 1. The van der Waals surface area contributed by atoms with Gasteiger partial charge in [-0.1, -0.05) is 0 Å². The highest BCUT2D eigenvalue weighted by Gasteiger charge is 2.28. The predicted molar refractivity (Wildman–Crippen MR) is 60.5 cm³/mol. The van der Waals surface area contributed by atoms with Crippen LogP contribution in [0.4, 0.5) is 11.4 Å². The molecule has 16 heavy (non-hydrogen) atoms. The average molecular weight is 216 g/mol. The van der Waals surface area contributed by atoms with Gasteiger partial charge in [-0.15, -0.1) is 0 Å². The molecule has 4 heteroatoms. The number of carbonyl (C=O) groups excluding carboxylic acids is 2. The SMILES string of the molecule is CC(=O)N1c2ccc(N=C=O)cc2CC1C. The first-order chi connectivity index (χ1) is 7.63.